The number of hydrogen-bond donors (Lipinski definition) is 1. The maximum atomic E-state index is 13.1. The fourth-order valence-electron chi connectivity index (χ4n) is 3.57. The van der Waals surface area contributed by atoms with Crippen molar-refractivity contribution >= 4 is 39.1 Å². The van der Waals surface area contributed by atoms with E-state index >= 15 is 0 Å². The number of nitrogens with zero attached hydrogens (tertiary/aromatic N) is 2. The van der Waals surface area contributed by atoms with Gasteiger partial charge in [0.15, 0.2) is 0 Å². The Hall–Kier alpha value is -2.58. The van der Waals surface area contributed by atoms with E-state index in [0.29, 0.717) is 17.1 Å². The summed E-state index contributed by atoms with van der Waals surface area (Å²) in [5.41, 5.74) is 3.13. The minimum atomic E-state index is -3.54. The summed E-state index contributed by atoms with van der Waals surface area (Å²) in [6, 6.07) is 12.1. The number of nitrogens with one attached hydrogen (secondary N) is 1. The Morgan fingerprint density at radius 3 is 2.39 bits per heavy atom. The molecule has 2 aromatic carbocycles. The molecule has 33 heavy (non-hydrogen) atoms. The van der Waals surface area contributed by atoms with Gasteiger partial charge >= 0.3 is 0 Å². The van der Waals surface area contributed by atoms with E-state index in [1.165, 1.54) is 16.3 Å². The lowest BCUT2D eigenvalue weighted by atomic mass is 10.1. The third kappa shape index (κ3) is 7.20. The van der Waals surface area contributed by atoms with E-state index in [-0.39, 0.29) is 31.3 Å². The Morgan fingerprint density at radius 1 is 1.12 bits per heavy atom. The van der Waals surface area contributed by atoms with E-state index in [2.05, 4.69) is 5.32 Å². The molecule has 2 aromatic rings. The summed E-state index contributed by atoms with van der Waals surface area (Å²) in [4.78, 5) is 26.9. The second kappa shape index (κ2) is 11.5. The minimum Gasteiger partial charge on any atom is -0.357 e. The van der Waals surface area contributed by atoms with Crippen LogP contribution in [0.1, 0.15) is 36.5 Å². The zero-order valence-corrected chi connectivity index (χ0v) is 21.3. The normalized spacial score (nSPS) is 12.2. The molecule has 9 heteroatoms. The van der Waals surface area contributed by atoms with Crippen LogP contribution in [-0.2, 0) is 26.2 Å². The molecule has 0 radical (unpaired) electrons. The monoisotopic (exact) mass is 493 g/mol. The molecule has 0 bridgehead atoms. The number of sulfonamides is 1. The van der Waals surface area contributed by atoms with Crippen molar-refractivity contribution in [1.82, 2.24) is 10.2 Å². The van der Waals surface area contributed by atoms with E-state index in [1.807, 2.05) is 44.2 Å². The third-order valence-electron chi connectivity index (χ3n) is 5.50. The van der Waals surface area contributed by atoms with Crippen LogP contribution in [0, 0.1) is 13.8 Å². The highest BCUT2D eigenvalue weighted by molar-refractivity contribution is 7.92. The molecule has 0 aliphatic carbocycles. The van der Waals surface area contributed by atoms with Crippen LogP contribution in [0.15, 0.2) is 42.5 Å². The van der Waals surface area contributed by atoms with Crippen LogP contribution in [0.5, 0.6) is 0 Å². The lowest BCUT2D eigenvalue weighted by Gasteiger charge is -2.29. The highest BCUT2D eigenvalue weighted by Crippen LogP contribution is 2.25. The lowest BCUT2D eigenvalue weighted by molar-refractivity contribution is -0.140. The Bertz CT molecular complexity index is 1100. The summed E-state index contributed by atoms with van der Waals surface area (Å²) in [7, 11) is -2.02. The molecule has 0 saturated carbocycles. The van der Waals surface area contributed by atoms with Crippen molar-refractivity contribution in [2.45, 2.75) is 46.2 Å². The molecule has 2 rings (SSSR count). The van der Waals surface area contributed by atoms with Gasteiger partial charge in [0.25, 0.3) is 0 Å². The van der Waals surface area contributed by atoms with E-state index in [1.54, 1.807) is 19.1 Å². The first-order chi connectivity index (χ1) is 15.5. The fraction of sp³-hybridized carbons (Fsp3) is 0.417. The van der Waals surface area contributed by atoms with Crippen LogP contribution in [0.4, 0.5) is 5.69 Å². The van der Waals surface area contributed by atoms with E-state index < -0.39 is 16.1 Å². The van der Waals surface area contributed by atoms with Crippen LogP contribution in [0.25, 0.3) is 0 Å². The zero-order valence-electron chi connectivity index (χ0n) is 19.8. The van der Waals surface area contributed by atoms with Gasteiger partial charge in [-0.25, -0.2) is 8.42 Å². The maximum absolute atomic E-state index is 13.1. The second-order valence-corrected chi connectivity index (χ2v) is 10.4. The molecule has 2 amide bonds. The predicted molar refractivity (Wildman–Crippen MR) is 133 cm³/mol. The summed E-state index contributed by atoms with van der Waals surface area (Å²) in [6.07, 6.45) is 1.55. The number of rotatable bonds is 10. The first-order valence-corrected chi connectivity index (χ1v) is 13.0. The average molecular weight is 494 g/mol. The van der Waals surface area contributed by atoms with Gasteiger partial charge in [0.05, 0.1) is 11.9 Å². The van der Waals surface area contributed by atoms with Crippen LogP contribution in [0.2, 0.25) is 5.02 Å². The van der Waals surface area contributed by atoms with Gasteiger partial charge < -0.3 is 10.2 Å². The van der Waals surface area contributed by atoms with Crippen LogP contribution in [0.3, 0.4) is 0 Å². The largest absolute Gasteiger partial charge is 0.357 e. The van der Waals surface area contributed by atoms with Crippen LogP contribution < -0.4 is 9.62 Å². The predicted octanol–water partition coefficient (Wildman–Crippen LogP) is 3.67. The number of carbonyl (C=O) groups is 2. The molecule has 1 N–H and O–H groups in total. The molecule has 0 spiro atoms. The molecular weight excluding hydrogens is 462 g/mol. The highest BCUT2D eigenvalue weighted by atomic mass is 35.5. The van der Waals surface area contributed by atoms with Crippen LogP contribution >= 0.6 is 11.6 Å². The maximum Gasteiger partial charge on any atom is 0.242 e. The van der Waals surface area contributed by atoms with Gasteiger partial charge in [-0.1, -0.05) is 41.9 Å². The Kier molecular flexibility index (Phi) is 9.31. The Labute approximate surface area is 201 Å². The molecule has 7 nitrogen and oxygen atoms in total. The van der Waals surface area contributed by atoms with Gasteiger partial charge in [0.2, 0.25) is 21.8 Å². The second-order valence-electron chi connectivity index (χ2n) is 8.13. The van der Waals surface area contributed by atoms with Crippen molar-refractivity contribution in [2.75, 3.05) is 24.2 Å². The molecule has 0 unspecified atom stereocenters. The van der Waals surface area contributed by atoms with Gasteiger partial charge in [-0.05, 0) is 56.0 Å². The van der Waals surface area contributed by atoms with Gasteiger partial charge in [-0.2, -0.15) is 0 Å². The third-order valence-corrected chi connectivity index (χ3v) is 7.05. The molecule has 0 heterocycles. The molecular formula is C24H32ClN3O4S. The number of likely N-dealkylation sites (N-methyl/N-ethyl adjacent to an activating group) is 1. The van der Waals surface area contributed by atoms with E-state index in [9.17, 15) is 18.0 Å². The van der Waals surface area contributed by atoms with Crippen molar-refractivity contribution in [1.29, 1.82) is 0 Å². The molecule has 0 saturated heterocycles. The highest BCUT2D eigenvalue weighted by Gasteiger charge is 2.26. The molecule has 1 atom stereocenters. The Balaban J connectivity index is 2.19. The first kappa shape index (κ1) is 26.7. The number of carbonyl (C=O) groups excluding carboxylic acids is 2. The smallest absolute Gasteiger partial charge is 0.242 e. The van der Waals surface area contributed by atoms with Crippen molar-refractivity contribution < 1.29 is 18.0 Å². The SMILES string of the molecule is CNC(=O)[C@H](C)N(Cc1ccccc1Cl)C(=O)CCCN(c1cc(C)ccc1C)S(C)(=O)=O. The van der Waals surface area contributed by atoms with Crippen molar-refractivity contribution in [3.05, 3.63) is 64.2 Å². The summed E-state index contributed by atoms with van der Waals surface area (Å²) in [6.45, 7) is 5.75. The summed E-state index contributed by atoms with van der Waals surface area (Å²) in [5, 5.41) is 3.09. The van der Waals surface area contributed by atoms with Gasteiger partial charge in [-0.3, -0.25) is 13.9 Å². The average Bonchev–Trinajstić information content (AvgIpc) is 2.76. The first-order valence-electron chi connectivity index (χ1n) is 10.7. The number of hydrogen-bond acceptors (Lipinski definition) is 4. The minimum absolute atomic E-state index is 0.0860. The summed E-state index contributed by atoms with van der Waals surface area (Å²) < 4.78 is 26.3. The fourth-order valence-corrected chi connectivity index (χ4v) is 4.78. The van der Waals surface area contributed by atoms with Gasteiger partial charge in [-0.15, -0.1) is 0 Å². The molecule has 0 fully saturated rings. The van der Waals surface area contributed by atoms with Crippen molar-refractivity contribution in [3.63, 3.8) is 0 Å². The summed E-state index contributed by atoms with van der Waals surface area (Å²) in [5.74, 6) is -0.538. The molecule has 180 valence electrons. The standard InChI is InChI=1S/C24H32ClN3O4S/c1-17-12-13-18(2)22(15-17)28(33(5,31)32)14-8-11-23(29)27(19(3)24(30)26-4)16-20-9-6-7-10-21(20)25/h6-7,9-10,12-13,15,19H,8,11,14,16H2,1-5H3,(H,26,30)/t19-/m0/s1. The van der Waals surface area contributed by atoms with Crippen LogP contribution in [-0.4, -0.2) is 51.0 Å². The topological polar surface area (TPSA) is 86.8 Å². The summed E-state index contributed by atoms with van der Waals surface area (Å²) >= 11 is 6.27. The van der Waals surface area contributed by atoms with Gasteiger partial charge in [0.1, 0.15) is 6.04 Å². The van der Waals surface area contributed by atoms with E-state index in [4.69, 9.17) is 11.6 Å². The lowest BCUT2D eigenvalue weighted by Crippen LogP contribution is -2.46. The van der Waals surface area contributed by atoms with Crippen molar-refractivity contribution in [3.8, 4) is 0 Å². The van der Waals surface area contributed by atoms with E-state index in [0.717, 1.165) is 22.9 Å². The number of amides is 2. The molecule has 0 aliphatic heterocycles. The molecule has 0 aliphatic rings. The zero-order chi connectivity index (χ0) is 24.8. The number of halogens is 1. The number of aryl methyl sites for hydroxylation is 2. The van der Waals surface area contributed by atoms with Crippen molar-refractivity contribution in [2.24, 2.45) is 0 Å². The van der Waals surface area contributed by atoms with Gasteiger partial charge in [0, 0.05) is 31.6 Å². The quantitative estimate of drug-likeness (QED) is 0.547. The molecule has 0 aromatic heterocycles. The number of benzene rings is 2. The number of anilines is 1. The Morgan fingerprint density at radius 2 is 1.79 bits per heavy atom.